The van der Waals surface area contributed by atoms with Crippen LogP contribution < -0.4 is 16.6 Å². The topological polar surface area (TPSA) is 84.0 Å². The minimum absolute atomic E-state index is 0.127. The van der Waals surface area contributed by atoms with Crippen molar-refractivity contribution in [1.29, 1.82) is 0 Å². The van der Waals surface area contributed by atoms with Crippen molar-refractivity contribution in [2.24, 2.45) is 0 Å². The molecule has 2 N–H and O–H groups in total. The number of carbonyl (C=O) groups excluding carboxylic acids is 1. The van der Waals surface area contributed by atoms with E-state index in [9.17, 15) is 14.4 Å². The smallest absolute Gasteiger partial charge is 0.326 e. The number of H-pyrrole nitrogens is 1. The van der Waals surface area contributed by atoms with Crippen LogP contribution in [0, 0.1) is 0 Å². The van der Waals surface area contributed by atoms with Crippen LogP contribution in [-0.4, -0.2) is 15.5 Å². The first-order valence-electron chi connectivity index (χ1n) is 8.57. The van der Waals surface area contributed by atoms with Crippen molar-refractivity contribution in [3.63, 3.8) is 0 Å². The third-order valence-corrected chi connectivity index (χ3v) is 4.30. The lowest BCUT2D eigenvalue weighted by molar-refractivity contribution is -0.116. The Hall–Kier alpha value is -3.15. The molecule has 3 rings (SSSR count). The Balaban J connectivity index is 1.76. The van der Waals surface area contributed by atoms with Crippen LogP contribution >= 0.6 is 0 Å². The molecule has 0 aliphatic carbocycles. The molecule has 0 aliphatic rings. The molecule has 26 heavy (non-hydrogen) atoms. The summed E-state index contributed by atoms with van der Waals surface area (Å²) in [5.41, 5.74) is 1.47. The summed E-state index contributed by atoms with van der Waals surface area (Å²) in [7, 11) is 0. The highest BCUT2D eigenvalue weighted by Gasteiger charge is 2.10. The zero-order valence-electron chi connectivity index (χ0n) is 14.8. The molecule has 0 bridgehead atoms. The molecule has 6 nitrogen and oxygen atoms in total. The number of aryl methyl sites for hydroxylation is 1. The molecule has 0 saturated carbocycles. The third kappa shape index (κ3) is 3.74. The molecule has 2 aromatic carbocycles. The number of fused-ring (bicyclic) bond motifs is 1. The van der Waals surface area contributed by atoms with Gasteiger partial charge >= 0.3 is 5.69 Å². The second-order valence-corrected chi connectivity index (χ2v) is 6.51. The van der Waals surface area contributed by atoms with Gasteiger partial charge in [-0.05, 0) is 35.7 Å². The maximum Gasteiger partial charge on any atom is 0.328 e. The molecular formula is C20H21N3O3. The Morgan fingerprint density at radius 2 is 1.88 bits per heavy atom. The molecule has 0 atom stereocenters. The summed E-state index contributed by atoms with van der Waals surface area (Å²) in [6.45, 7) is 4.37. The highest BCUT2D eigenvalue weighted by Crippen LogP contribution is 2.18. The number of para-hydroxylation sites is 1. The summed E-state index contributed by atoms with van der Waals surface area (Å²) in [5.74, 6) is 0.186. The van der Waals surface area contributed by atoms with Gasteiger partial charge < -0.3 is 5.32 Å². The minimum Gasteiger partial charge on any atom is -0.326 e. The monoisotopic (exact) mass is 351 g/mol. The Morgan fingerprint density at radius 1 is 1.12 bits per heavy atom. The zero-order chi connectivity index (χ0) is 18.7. The lowest BCUT2D eigenvalue weighted by Crippen LogP contribution is -2.31. The Kier molecular flexibility index (Phi) is 5.02. The van der Waals surface area contributed by atoms with E-state index >= 15 is 0 Å². The summed E-state index contributed by atoms with van der Waals surface area (Å²) in [6, 6.07) is 14.6. The van der Waals surface area contributed by atoms with Crippen molar-refractivity contribution in [2.45, 2.75) is 32.7 Å². The fourth-order valence-corrected chi connectivity index (χ4v) is 2.88. The van der Waals surface area contributed by atoms with Gasteiger partial charge in [-0.15, -0.1) is 0 Å². The number of nitrogens with one attached hydrogen (secondary N) is 2. The van der Waals surface area contributed by atoms with E-state index in [0.29, 0.717) is 16.8 Å². The van der Waals surface area contributed by atoms with Crippen LogP contribution in [0.15, 0.2) is 58.1 Å². The molecule has 0 radical (unpaired) electrons. The Labute approximate surface area is 150 Å². The molecule has 6 heteroatoms. The minimum atomic E-state index is -0.511. The quantitative estimate of drug-likeness (QED) is 0.741. The maximum absolute atomic E-state index is 12.3. The number of rotatable bonds is 5. The van der Waals surface area contributed by atoms with Crippen molar-refractivity contribution >= 4 is 22.5 Å². The molecule has 1 aromatic heterocycles. The van der Waals surface area contributed by atoms with E-state index in [1.54, 1.807) is 24.3 Å². The van der Waals surface area contributed by atoms with Crippen molar-refractivity contribution in [1.82, 2.24) is 9.55 Å². The number of nitrogens with zero attached hydrogens (tertiary/aromatic N) is 1. The van der Waals surface area contributed by atoms with Crippen molar-refractivity contribution in [3.05, 3.63) is 74.9 Å². The second kappa shape index (κ2) is 7.39. The summed E-state index contributed by atoms with van der Waals surface area (Å²) in [6.07, 6.45) is 0.127. The van der Waals surface area contributed by atoms with Crippen molar-refractivity contribution in [2.75, 3.05) is 5.32 Å². The largest absolute Gasteiger partial charge is 0.328 e. The van der Waals surface area contributed by atoms with Gasteiger partial charge in [0.1, 0.15) is 0 Å². The Morgan fingerprint density at radius 3 is 2.65 bits per heavy atom. The summed E-state index contributed by atoms with van der Waals surface area (Å²) >= 11 is 0. The number of aromatic amines is 1. The number of benzene rings is 2. The van der Waals surface area contributed by atoms with E-state index in [-0.39, 0.29) is 18.9 Å². The molecule has 0 fully saturated rings. The first-order chi connectivity index (χ1) is 12.5. The van der Waals surface area contributed by atoms with E-state index in [1.807, 2.05) is 24.3 Å². The van der Waals surface area contributed by atoms with Crippen LogP contribution in [0.4, 0.5) is 5.69 Å². The zero-order valence-corrected chi connectivity index (χ0v) is 14.8. The van der Waals surface area contributed by atoms with Crippen LogP contribution in [-0.2, 0) is 11.3 Å². The molecule has 3 aromatic rings. The number of hydrogen-bond donors (Lipinski definition) is 2. The van der Waals surface area contributed by atoms with E-state index in [0.717, 1.165) is 11.3 Å². The van der Waals surface area contributed by atoms with Gasteiger partial charge in [-0.3, -0.25) is 19.1 Å². The van der Waals surface area contributed by atoms with E-state index in [4.69, 9.17) is 0 Å². The summed E-state index contributed by atoms with van der Waals surface area (Å²) in [4.78, 5) is 38.6. The number of hydrogen-bond acceptors (Lipinski definition) is 3. The first kappa shape index (κ1) is 17.7. The lowest BCUT2D eigenvalue weighted by atomic mass is 10.0. The predicted octanol–water partition coefficient (Wildman–Crippen LogP) is 2.84. The van der Waals surface area contributed by atoms with Gasteiger partial charge in [-0.25, -0.2) is 4.79 Å². The first-order valence-corrected chi connectivity index (χ1v) is 8.57. The van der Waals surface area contributed by atoms with Crippen LogP contribution in [0.1, 0.15) is 31.7 Å². The Bertz CT molecular complexity index is 1060. The van der Waals surface area contributed by atoms with Gasteiger partial charge in [0.2, 0.25) is 5.91 Å². The highest BCUT2D eigenvalue weighted by molar-refractivity contribution is 5.90. The van der Waals surface area contributed by atoms with Gasteiger partial charge in [-0.2, -0.15) is 0 Å². The standard InChI is InChI=1S/C20H21N3O3/c1-13(2)14-6-5-7-15(12-14)21-18(24)10-11-23-17-9-4-3-8-16(17)19(25)22-20(23)26/h3-9,12-13H,10-11H2,1-2H3,(H,21,24)(H,22,25,26). The van der Waals surface area contributed by atoms with E-state index in [1.165, 1.54) is 4.57 Å². The van der Waals surface area contributed by atoms with Crippen LogP contribution in [0.25, 0.3) is 10.9 Å². The number of anilines is 1. The normalized spacial score (nSPS) is 11.0. The number of amides is 1. The van der Waals surface area contributed by atoms with Gasteiger partial charge in [0.25, 0.3) is 5.56 Å². The van der Waals surface area contributed by atoms with Crippen LogP contribution in [0.2, 0.25) is 0 Å². The number of aromatic nitrogens is 2. The molecule has 0 unspecified atom stereocenters. The van der Waals surface area contributed by atoms with Crippen LogP contribution in [0.3, 0.4) is 0 Å². The van der Waals surface area contributed by atoms with Crippen LogP contribution in [0.5, 0.6) is 0 Å². The average Bonchev–Trinajstić information content (AvgIpc) is 2.61. The fourth-order valence-electron chi connectivity index (χ4n) is 2.88. The van der Waals surface area contributed by atoms with Crippen molar-refractivity contribution in [3.8, 4) is 0 Å². The lowest BCUT2D eigenvalue weighted by Gasteiger charge is -2.11. The highest BCUT2D eigenvalue weighted by atomic mass is 16.2. The van der Waals surface area contributed by atoms with Gasteiger partial charge in [0, 0.05) is 18.7 Å². The van der Waals surface area contributed by atoms with E-state index < -0.39 is 11.2 Å². The molecule has 1 amide bonds. The summed E-state index contributed by atoms with van der Waals surface area (Å²) < 4.78 is 1.42. The number of carbonyl (C=O) groups is 1. The van der Waals surface area contributed by atoms with Gasteiger partial charge in [0.05, 0.1) is 10.9 Å². The molecule has 0 aliphatic heterocycles. The van der Waals surface area contributed by atoms with Gasteiger partial charge in [-0.1, -0.05) is 38.1 Å². The third-order valence-electron chi connectivity index (χ3n) is 4.30. The summed E-state index contributed by atoms with van der Waals surface area (Å²) in [5, 5.41) is 3.29. The van der Waals surface area contributed by atoms with E-state index in [2.05, 4.69) is 24.1 Å². The SMILES string of the molecule is CC(C)c1cccc(NC(=O)CCn2c(=O)[nH]c(=O)c3ccccc32)c1. The van der Waals surface area contributed by atoms with Crippen molar-refractivity contribution < 1.29 is 4.79 Å². The molecular weight excluding hydrogens is 330 g/mol. The second-order valence-electron chi connectivity index (χ2n) is 6.51. The molecule has 134 valence electrons. The molecule has 0 saturated heterocycles. The molecule has 1 heterocycles. The molecule has 0 spiro atoms. The predicted molar refractivity (Wildman–Crippen MR) is 103 cm³/mol. The van der Waals surface area contributed by atoms with Gasteiger partial charge in [0.15, 0.2) is 0 Å². The fraction of sp³-hybridized carbons (Fsp3) is 0.250. The average molecular weight is 351 g/mol. The maximum atomic E-state index is 12.3.